The molecular weight excluding hydrogens is 350 g/mol. The number of aromatic nitrogens is 1. The number of pyridine rings is 1. The van der Waals surface area contributed by atoms with Gasteiger partial charge in [-0.1, -0.05) is 56.2 Å². The lowest BCUT2D eigenvalue weighted by Gasteiger charge is -2.15. The van der Waals surface area contributed by atoms with E-state index in [4.69, 9.17) is 9.84 Å². The first-order chi connectivity index (χ1) is 13.6. The van der Waals surface area contributed by atoms with Crippen LogP contribution in [0.2, 0.25) is 0 Å². The van der Waals surface area contributed by atoms with Crippen molar-refractivity contribution in [3.63, 3.8) is 0 Å². The van der Waals surface area contributed by atoms with Crippen molar-refractivity contribution >= 4 is 16.9 Å². The molecule has 0 aliphatic rings. The van der Waals surface area contributed by atoms with Crippen molar-refractivity contribution in [2.24, 2.45) is 5.92 Å². The maximum absolute atomic E-state index is 10.8. The van der Waals surface area contributed by atoms with Crippen LogP contribution >= 0.6 is 0 Å². The Morgan fingerprint density at radius 1 is 1.04 bits per heavy atom. The van der Waals surface area contributed by atoms with Crippen LogP contribution in [0.15, 0.2) is 60.7 Å². The number of fused-ring (bicyclic) bond motifs is 1. The normalized spacial score (nSPS) is 12.0. The number of hydrogen-bond acceptors (Lipinski definition) is 3. The van der Waals surface area contributed by atoms with Crippen LogP contribution in [0, 0.1) is 5.92 Å². The van der Waals surface area contributed by atoms with Crippen LogP contribution < -0.4 is 4.74 Å². The number of carboxylic acids is 1. The lowest BCUT2D eigenvalue weighted by molar-refractivity contribution is -0.137. The molecule has 0 bridgehead atoms. The first kappa shape index (κ1) is 19.9. The molecule has 0 saturated heterocycles. The van der Waals surface area contributed by atoms with E-state index in [2.05, 4.69) is 30.1 Å². The molecule has 1 N–H and O–H groups in total. The summed E-state index contributed by atoms with van der Waals surface area (Å²) in [6, 6.07) is 20.2. The molecule has 1 atom stereocenters. The number of para-hydroxylation sites is 1. The highest BCUT2D eigenvalue weighted by atomic mass is 16.5. The Bertz CT molecular complexity index is 905. The summed E-state index contributed by atoms with van der Waals surface area (Å²) in [5.74, 6) is 0.512. The van der Waals surface area contributed by atoms with Gasteiger partial charge in [0.2, 0.25) is 0 Å². The maximum Gasteiger partial charge on any atom is 0.303 e. The van der Waals surface area contributed by atoms with Gasteiger partial charge in [0.25, 0.3) is 0 Å². The van der Waals surface area contributed by atoms with E-state index in [-0.39, 0.29) is 6.42 Å². The Balaban J connectivity index is 1.56. The second kappa shape index (κ2) is 9.88. The average molecular weight is 377 g/mol. The lowest BCUT2D eigenvalue weighted by Crippen LogP contribution is -2.08. The fraction of sp³-hybridized carbons (Fsp3) is 0.333. The summed E-state index contributed by atoms with van der Waals surface area (Å²) in [4.78, 5) is 15.5. The molecule has 1 heterocycles. The number of rotatable bonds is 10. The summed E-state index contributed by atoms with van der Waals surface area (Å²) in [7, 11) is 0. The van der Waals surface area contributed by atoms with Gasteiger partial charge in [0.05, 0.1) is 11.2 Å². The first-order valence-corrected chi connectivity index (χ1v) is 9.92. The van der Waals surface area contributed by atoms with Gasteiger partial charge in [0.1, 0.15) is 12.4 Å². The van der Waals surface area contributed by atoms with Crippen LogP contribution in [-0.4, -0.2) is 16.1 Å². The zero-order chi connectivity index (χ0) is 19.8. The molecule has 3 aromatic rings. The van der Waals surface area contributed by atoms with Crippen molar-refractivity contribution in [1.29, 1.82) is 0 Å². The molecule has 1 aromatic heterocycles. The predicted molar refractivity (Wildman–Crippen MR) is 111 cm³/mol. The molecule has 0 spiro atoms. The topological polar surface area (TPSA) is 59.4 Å². The summed E-state index contributed by atoms with van der Waals surface area (Å²) in [6.07, 6.45) is 4.01. The Kier molecular flexibility index (Phi) is 7.01. The molecule has 0 saturated carbocycles. The van der Waals surface area contributed by atoms with E-state index in [1.54, 1.807) is 0 Å². The Morgan fingerprint density at radius 2 is 1.82 bits per heavy atom. The third kappa shape index (κ3) is 5.81. The van der Waals surface area contributed by atoms with Crippen molar-refractivity contribution in [2.45, 2.75) is 45.6 Å². The summed E-state index contributed by atoms with van der Waals surface area (Å²) in [5, 5.41) is 10.0. The molecule has 146 valence electrons. The zero-order valence-corrected chi connectivity index (χ0v) is 16.3. The van der Waals surface area contributed by atoms with Gasteiger partial charge in [-0.3, -0.25) is 4.79 Å². The molecule has 0 aliphatic heterocycles. The zero-order valence-electron chi connectivity index (χ0n) is 16.3. The molecule has 4 heteroatoms. The van der Waals surface area contributed by atoms with Gasteiger partial charge < -0.3 is 9.84 Å². The molecule has 28 heavy (non-hydrogen) atoms. The van der Waals surface area contributed by atoms with E-state index in [0.29, 0.717) is 12.5 Å². The van der Waals surface area contributed by atoms with E-state index in [1.807, 2.05) is 42.5 Å². The molecule has 0 aliphatic carbocycles. The molecule has 4 nitrogen and oxygen atoms in total. The van der Waals surface area contributed by atoms with Gasteiger partial charge in [-0.2, -0.15) is 0 Å². The van der Waals surface area contributed by atoms with Crippen molar-refractivity contribution in [1.82, 2.24) is 4.98 Å². The third-order valence-corrected chi connectivity index (χ3v) is 4.95. The van der Waals surface area contributed by atoms with Crippen molar-refractivity contribution in [2.75, 3.05) is 0 Å². The van der Waals surface area contributed by atoms with Crippen LogP contribution in [0.3, 0.4) is 0 Å². The van der Waals surface area contributed by atoms with Gasteiger partial charge >= 0.3 is 5.97 Å². The van der Waals surface area contributed by atoms with Crippen LogP contribution in [-0.2, 0) is 17.8 Å². The SMILES string of the molecule is CCCC(CCC(=O)O)Cc1ccc(OCc2ccc3ccccc3n2)cc1. The van der Waals surface area contributed by atoms with Gasteiger partial charge in [0.15, 0.2) is 0 Å². The van der Waals surface area contributed by atoms with E-state index in [0.717, 1.165) is 48.0 Å². The van der Waals surface area contributed by atoms with E-state index < -0.39 is 5.97 Å². The number of aliphatic carboxylic acids is 1. The fourth-order valence-corrected chi connectivity index (χ4v) is 3.49. The molecule has 0 radical (unpaired) electrons. The summed E-state index contributed by atoms with van der Waals surface area (Å²) in [5.41, 5.74) is 3.10. The smallest absolute Gasteiger partial charge is 0.303 e. The van der Waals surface area contributed by atoms with Crippen LogP contribution in [0.25, 0.3) is 10.9 Å². The number of carbonyl (C=O) groups is 1. The van der Waals surface area contributed by atoms with Crippen molar-refractivity contribution in [3.8, 4) is 5.75 Å². The van der Waals surface area contributed by atoms with E-state index in [1.165, 1.54) is 5.56 Å². The van der Waals surface area contributed by atoms with Crippen LogP contribution in [0.4, 0.5) is 0 Å². The highest BCUT2D eigenvalue weighted by Gasteiger charge is 2.11. The Morgan fingerprint density at radius 3 is 2.57 bits per heavy atom. The predicted octanol–water partition coefficient (Wildman–Crippen LogP) is 5.64. The van der Waals surface area contributed by atoms with Crippen molar-refractivity contribution in [3.05, 3.63) is 71.9 Å². The van der Waals surface area contributed by atoms with Gasteiger partial charge in [-0.15, -0.1) is 0 Å². The van der Waals surface area contributed by atoms with Crippen LogP contribution in [0.5, 0.6) is 5.75 Å². The van der Waals surface area contributed by atoms with E-state index in [9.17, 15) is 4.79 Å². The Labute approximate surface area is 166 Å². The monoisotopic (exact) mass is 377 g/mol. The standard InChI is InChI=1S/C24H27NO3/c1-2-5-18(10-15-24(26)27)16-19-8-13-22(14-9-19)28-17-21-12-11-20-6-3-4-7-23(20)25-21/h3-4,6-9,11-14,18H,2,5,10,15-17H2,1H3,(H,26,27). The summed E-state index contributed by atoms with van der Waals surface area (Å²) < 4.78 is 5.89. The number of nitrogens with zero attached hydrogens (tertiary/aromatic N) is 1. The van der Waals surface area contributed by atoms with Gasteiger partial charge in [-0.25, -0.2) is 4.98 Å². The molecule has 0 fully saturated rings. The van der Waals surface area contributed by atoms with Gasteiger partial charge in [0, 0.05) is 11.8 Å². The molecule has 2 aromatic carbocycles. The quantitative estimate of drug-likeness (QED) is 0.497. The highest BCUT2D eigenvalue weighted by molar-refractivity contribution is 5.78. The fourth-order valence-electron chi connectivity index (χ4n) is 3.49. The third-order valence-electron chi connectivity index (χ3n) is 4.95. The minimum atomic E-state index is -0.716. The lowest BCUT2D eigenvalue weighted by atomic mass is 9.91. The largest absolute Gasteiger partial charge is 0.487 e. The molecule has 0 amide bonds. The Hall–Kier alpha value is -2.88. The average Bonchev–Trinajstić information content (AvgIpc) is 2.71. The summed E-state index contributed by atoms with van der Waals surface area (Å²) in [6.45, 7) is 2.58. The molecule has 3 rings (SSSR count). The number of carboxylic acid groups (broad SMARTS) is 1. The summed E-state index contributed by atoms with van der Waals surface area (Å²) >= 11 is 0. The maximum atomic E-state index is 10.8. The molecular formula is C24H27NO3. The minimum Gasteiger partial charge on any atom is -0.487 e. The highest BCUT2D eigenvalue weighted by Crippen LogP contribution is 2.22. The van der Waals surface area contributed by atoms with Crippen LogP contribution in [0.1, 0.15) is 43.9 Å². The number of ether oxygens (including phenoxy) is 1. The minimum absolute atomic E-state index is 0.241. The first-order valence-electron chi connectivity index (χ1n) is 9.92. The van der Waals surface area contributed by atoms with E-state index >= 15 is 0 Å². The number of hydrogen-bond donors (Lipinski definition) is 1. The van der Waals surface area contributed by atoms with Crippen molar-refractivity contribution < 1.29 is 14.6 Å². The second-order valence-corrected chi connectivity index (χ2v) is 7.22. The number of benzene rings is 2. The van der Waals surface area contributed by atoms with Gasteiger partial charge in [-0.05, 0) is 48.6 Å². The second-order valence-electron chi connectivity index (χ2n) is 7.22. The molecule has 1 unspecified atom stereocenters.